The topological polar surface area (TPSA) is 81.8 Å². The maximum absolute atomic E-state index is 12.0. The number of ether oxygens (including phenoxy) is 1. The summed E-state index contributed by atoms with van der Waals surface area (Å²) in [7, 11) is 0. The van der Waals surface area contributed by atoms with Crippen LogP contribution in [0.15, 0.2) is 53.5 Å². The molecule has 2 aromatic rings. The number of halogens is 1. The largest absolute Gasteiger partial charge is 0.421 e. The van der Waals surface area contributed by atoms with Gasteiger partial charge in [0, 0.05) is 28.8 Å². The molecular weight excluding hydrogens is 332 g/mol. The van der Waals surface area contributed by atoms with Gasteiger partial charge in [0.25, 0.3) is 5.69 Å². The Morgan fingerprint density at radius 2 is 1.88 bits per heavy atom. The molecule has 0 aliphatic carbocycles. The van der Waals surface area contributed by atoms with Crippen LogP contribution in [0.2, 0.25) is 5.02 Å². The molecule has 1 aliphatic heterocycles. The van der Waals surface area contributed by atoms with E-state index in [-0.39, 0.29) is 11.4 Å². The summed E-state index contributed by atoms with van der Waals surface area (Å²) in [6.07, 6.45) is 1.50. The van der Waals surface area contributed by atoms with E-state index in [1.54, 1.807) is 37.3 Å². The molecule has 0 bridgehead atoms. The minimum Gasteiger partial charge on any atom is -0.421 e. The molecular formula is C17H11ClN2O4. The standard InChI is InChI=1S/C17H11ClN2O4/c1-10-2-7-13(20(22)23)8-14(10)19-15-9-16(24-17(15)21)11-3-5-12(18)6-4-11/h2-9H,1H3. The van der Waals surface area contributed by atoms with Crippen molar-refractivity contribution in [3.63, 3.8) is 0 Å². The van der Waals surface area contributed by atoms with E-state index >= 15 is 0 Å². The summed E-state index contributed by atoms with van der Waals surface area (Å²) in [6, 6.07) is 11.1. The molecule has 1 heterocycles. The van der Waals surface area contributed by atoms with E-state index in [2.05, 4.69) is 4.99 Å². The Bertz CT molecular complexity index is 901. The Kier molecular flexibility index (Phi) is 4.14. The molecule has 0 N–H and O–H groups in total. The molecule has 2 aromatic carbocycles. The third-order valence-electron chi connectivity index (χ3n) is 3.45. The molecule has 0 saturated carbocycles. The fraction of sp³-hybridized carbons (Fsp3) is 0.0588. The molecule has 0 fully saturated rings. The zero-order valence-corrected chi connectivity index (χ0v) is 13.3. The number of carbonyl (C=O) groups is 1. The van der Waals surface area contributed by atoms with Crippen LogP contribution in [0.3, 0.4) is 0 Å². The van der Waals surface area contributed by atoms with Crippen molar-refractivity contribution in [2.45, 2.75) is 6.92 Å². The minimum absolute atomic E-state index is 0.0866. The van der Waals surface area contributed by atoms with Gasteiger partial charge < -0.3 is 4.74 Å². The van der Waals surface area contributed by atoms with Crippen LogP contribution < -0.4 is 0 Å². The Hall–Kier alpha value is -2.99. The summed E-state index contributed by atoms with van der Waals surface area (Å²) < 4.78 is 5.20. The Balaban J connectivity index is 1.98. The summed E-state index contributed by atoms with van der Waals surface area (Å²) in [5.74, 6) is -0.246. The number of non-ortho nitro benzene ring substituents is 1. The number of aryl methyl sites for hydroxylation is 1. The number of cyclic esters (lactones) is 1. The predicted octanol–water partition coefficient (Wildman–Crippen LogP) is 4.23. The highest BCUT2D eigenvalue weighted by molar-refractivity contribution is 6.46. The summed E-state index contributed by atoms with van der Waals surface area (Å²) in [4.78, 5) is 26.6. The number of esters is 1. The van der Waals surface area contributed by atoms with E-state index in [1.807, 2.05) is 0 Å². The number of nitrogens with zero attached hydrogens (tertiary/aromatic N) is 2. The molecule has 0 saturated heterocycles. The third kappa shape index (κ3) is 3.18. The molecule has 0 unspecified atom stereocenters. The Morgan fingerprint density at radius 3 is 2.54 bits per heavy atom. The normalized spacial score (nSPS) is 15.3. The second kappa shape index (κ2) is 6.25. The zero-order valence-electron chi connectivity index (χ0n) is 12.5. The Labute approximate surface area is 142 Å². The summed E-state index contributed by atoms with van der Waals surface area (Å²) in [5.41, 5.74) is 1.75. The van der Waals surface area contributed by atoms with Crippen molar-refractivity contribution in [3.8, 4) is 0 Å². The minimum atomic E-state index is -0.606. The van der Waals surface area contributed by atoms with Crippen LogP contribution >= 0.6 is 11.6 Å². The molecule has 0 aromatic heterocycles. The molecule has 6 nitrogen and oxygen atoms in total. The van der Waals surface area contributed by atoms with Gasteiger partial charge in [-0.3, -0.25) is 10.1 Å². The van der Waals surface area contributed by atoms with Gasteiger partial charge in [-0.1, -0.05) is 17.7 Å². The van der Waals surface area contributed by atoms with Crippen molar-refractivity contribution in [2.24, 2.45) is 4.99 Å². The van der Waals surface area contributed by atoms with Crippen molar-refractivity contribution in [2.75, 3.05) is 0 Å². The summed E-state index contributed by atoms with van der Waals surface area (Å²) >= 11 is 5.83. The number of aliphatic imine (C=N–C) groups is 1. The lowest BCUT2D eigenvalue weighted by Crippen LogP contribution is -2.06. The Morgan fingerprint density at radius 1 is 1.17 bits per heavy atom. The van der Waals surface area contributed by atoms with Crippen LogP contribution in [0.4, 0.5) is 11.4 Å². The molecule has 7 heteroatoms. The predicted molar refractivity (Wildman–Crippen MR) is 90.4 cm³/mol. The van der Waals surface area contributed by atoms with Crippen LogP contribution in [0, 0.1) is 17.0 Å². The highest BCUT2D eigenvalue weighted by Gasteiger charge is 2.24. The first-order valence-corrected chi connectivity index (χ1v) is 7.35. The van der Waals surface area contributed by atoms with Gasteiger partial charge in [0.15, 0.2) is 5.71 Å². The van der Waals surface area contributed by atoms with Gasteiger partial charge in [0.1, 0.15) is 5.76 Å². The average molecular weight is 343 g/mol. The lowest BCUT2D eigenvalue weighted by atomic mass is 10.1. The molecule has 0 amide bonds. The van der Waals surface area contributed by atoms with E-state index in [0.717, 1.165) is 0 Å². The van der Waals surface area contributed by atoms with E-state index in [0.29, 0.717) is 27.6 Å². The van der Waals surface area contributed by atoms with Gasteiger partial charge in [-0.25, -0.2) is 9.79 Å². The first kappa shape index (κ1) is 15.9. The molecule has 1 aliphatic rings. The maximum Gasteiger partial charge on any atom is 0.362 e. The molecule has 0 atom stereocenters. The fourth-order valence-electron chi connectivity index (χ4n) is 2.16. The van der Waals surface area contributed by atoms with Gasteiger partial charge in [-0.15, -0.1) is 0 Å². The number of nitro groups is 1. The van der Waals surface area contributed by atoms with Gasteiger partial charge in [-0.05, 0) is 36.8 Å². The van der Waals surface area contributed by atoms with Crippen LogP contribution in [0.5, 0.6) is 0 Å². The van der Waals surface area contributed by atoms with Crippen LogP contribution in [0.1, 0.15) is 11.1 Å². The summed E-state index contributed by atoms with van der Waals surface area (Å²) in [6.45, 7) is 1.76. The first-order chi connectivity index (χ1) is 11.4. The van der Waals surface area contributed by atoms with E-state index in [1.165, 1.54) is 18.2 Å². The maximum atomic E-state index is 12.0. The molecule has 120 valence electrons. The molecule has 24 heavy (non-hydrogen) atoms. The number of hydrogen-bond acceptors (Lipinski definition) is 5. The number of hydrogen-bond donors (Lipinski definition) is 0. The number of rotatable bonds is 3. The fourth-order valence-corrected chi connectivity index (χ4v) is 2.29. The first-order valence-electron chi connectivity index (χ1n) is 6.97. The van der Waals surface area contributed by atoms with Gasteiger partial charge in [0.05, 0.1) is 10.6 Å². The molecule has 0 radical (unpaired) electrons. The van der Waals surface area contributed by atoms with E-state index in [4.69, 9.17) is 16.3 Å². The van der Waals surface area contributed by atoms with Crippen LogP contribution in [0.25, 0.3) is 5.76 Å². The van der Waals surface area contributed by atoms with Crippen molar-refractivity contribution in [1.82, 2.24) is 0 Å². The number of carbonyl (C=O) groups excluding carboxylic acids is 1. The lowest BCUT2D eigenvalue weighted by molar-refractivity contribution is -0.384. The molecule has 0 spiro atoms. The highest BCUT2D eigenvalue weighted by atomic mass is 35.5. The lowest BCUT2D eigenvalue weighted by Gasteiger charge is -2.01. The third-order valence-corrected chi connectivity index (χ3v) is 3.70. The van der Waals surface area contributed by atoms with Crippen molar-refractivity contribution < 1.29 is 14.5 Å². The van der Waals surface area contributed by atoms with Gasteiger partial charge >= 0.3 is 5.97 Å². The van der Waals surface area contributed by atoms with Crippen molar-refractivity contribution in [3.05, 3.63) is 74.8 Å². The quantitative estimate of drug-likeness (QED) is 0.475. The van der Waals surface area contributed by atoms with Gasteiger partial charge in [-0.2, -0.15) is 0 Å². The number of nitro benzene ring substituents is 1. The van der Waals surface area contributed by atoms with E-state index in [9.17, 15) is 14.9 Å². The smallest absolute Gasteiger partial charge is 0.362 e. The second-order valence-corrected chi connectivity index (χ2v) is 5.57. The van der Waals surface area contributed by atoms with Crippen LogP contribution in [-0.2, 0) is 9.53 Å². The SMILES string of the molecule is Cc1ccc([N+](=O)[O-])cc1N=C1C=C(c2ccc(Cl)cc2)OC1=O. The van der Waals surface area contributed by atoms with Crippen molar-refractivity contribution >= 4 is 40.4 Å². The second-order valence-electron chi connectivity index (χ2n) is 5.13. The monoisotopic (exact) mass is 342 g/mol. The highest BCUT2D eigenvalue weighted by Crippen LogP contribution is 2.28. The average Bonchev–Trinajstić information content (AvgIpc) is 2.91. The molecule has 3 rings (SSSR count). The van der Waals surface area contributed by atoms with E-state index < -0.39 is 10.9 Å². The van der Waals surface area contributed by atoms with Crippen LogP contribution in [-0.4, -0.2) is 16.6 Å². The van der Waals surface area contributed by atoms with Crippen molar-refractivity contribution in [1.29, 1.82) is 0 Å². The number of benzene rings is 2. The zero-order chi connectivity index (χ0) is 17.3. The summed E-state index contributed by atoms with van der Waals surface area (Å²) in [5, 5.41) is 11.4. The van der Waals surface area contributed by atoms with Gasteiger partial charge in [0.2, 0.25) is 0 Å².